The first kappa shape index (κ1) is 39.6. The molecule has 326 valence electrons. The molecule has 0 bridgehead atoms. The molecule has 0 fully saturated rings. The summed E-state index contributed by atoms with van der Waals surface area (Å²) in [5, 5.41) is 8.08. The van der Waals surface area contributed by atoms with Crippen molar-refractivity contribution in [1.29, 1.82) is 0 Å². The Morgan fingerprint density at radius 2 is 0.814 bits per heavy atom. The number of hydrogen-bond donors (Lipinski definition) is 0. The van der Waals surface area contributed by atoms with E-state index in [-0.39, 0.29) is 0 Å². The van der Waals surface area contributed by atoms with Crippen LogP contribution in [0.4, 0.5) is 0 Å². The summed E-state index contributed by atoms with van der Waals surface area (Å²) in [6.07, 6.45) is 0. The quantitative estimate of drug-likeness (QED) is 0.150. The van der Waals surface area contributed by atoms with Crippen LogP contribution in [0.25, 0.3) is 133 Å². The van der Waals surface area contributed by atoms with Crippen molar-refractivity contribution < 1.29 is 0 Å². The molecule has 0 atom stereocenters. The fraction of sp³-hybridized carbons (Fsp3) is 0. The standard InChI is InChI=1S/C64H40N6/c1-4-17-41(18-5-1)46-34-38-57-54(40-46)51-27-12-14-29-55(51)69(57)49-25-16-24-47(39-49)64-67-62(44-22-8-3-9-23-44)66-63(68-64)45-31-35-48(36-32-45)70-56-30-15-13-28-52(56)58-59(43-20-6-2-7-21-43)65-60-50-26-11-10-19-42(50)33-37-53(60)61(58)70/h1-40H. The number of aromatic nitrogens is 6. The highest BCUT2D eigenvalue weighted by molar-refractivity contribution is 6.25. The predicted octanol–water partition coefficient (Wildman–Crippen LogP) is 16.1. The van der Waals surface area contributed by atoms with Gasteiger partial charge in [-0.15, -0.1) is 0 Å². The first-order valence-corrected chi connectivity index (χ1v) is 23.6. The third-order valence-corrected chi connectivity index (χ3v) is 13.7. The molecule has 10 aromatic carbocycles. The Morgan fingerprint density at radius 1 is 0.271 bits per heavy atom. The Morgan fingerprint density at radius 3 is 1.54 bits per heavy atom. The lowest BCUT2D eigenvalue weighted by Crippen LogP contribution is -2.01. The maximum atomic E-state index is 5.50. The molecule has 0 aliphatic heterocycles. The van der Waals surface area contributed by atoms with Crippen molar-refractivity contribution >= 4 is 65.3 Å². The van der Waals surface area contributed by atoms with Gasteiger partial charge in [-0.3, -0.25) is 0 Å². The zero-order valence-electron chi connectivity index (χ0n) is 37.8. The van der Waals surface area contributed by atoms with E-state index in [0.717, 1.165) is 93.8 Å². The summed E-state index contributed by atoms with van der Waals surface area (Å²) >= 11 is 0. The number of fused-ring (bicyclic) bond motifs is 10. The molecule has 14 rings (SSSR count). The lowest BCUT2D eigenvalue weighted by molar-refractivity contribution is 1.07. The summed E-state index contributed by atoms with van der Waals surface area (Å²) in [6.45, 7) is 0. The minimum absolute atomic E-state index is 0.598. The molecule has 6 heteroatoms. The van der Waals surface area contributed by atoms with Crippen LogP contribution in [0.3, 0.4) is 0 Å². The molecular weight excluding hydrogens is 853 g/mol. The van der Waals surface area contributed by atoms with E-state index >= 15 is 0 Å². The van der Waals surface area contributed by atoms with Crippen LogP contribution < -0.4 is 0 Å². The Labute approximate surface area is 403 Å². The lowest BCUT2D eigenvalue weighted by Gasteiger charge is -2.14. The number of benzene rings is 10. The van der Waals surface area contributed by atoms with E-state index in [2.05, 4.69) is 234 Å². The fourth-order valence-electron chi connectivity index (χ4n) is 10.5. The molecule has 4 heterocycles. The molecule has 14 aromatic rings. The van der Waals surface area contributed by atoms with Gasteiger partial charge in [0.2, 0.25) is 0 Å². The minimum atomic E-state index is 0.598. The number of rotatable bonds is 7. The SMILES string of the molecule is c1ccc(-c2ccc3c(c2)c2ccccc2n3-c2cccc(-c3nc(-c4ccccc4)nc(-c4ccc(-n5c6ccccc6c6c(-c7ccccc7)nc7c8ccccc8ccc7c65)cc4)n3)c2)cc1. The smallest absolute Gasteiger partial charge is 0.164 e. The van der Waals surface area contributed by atoms with Crippen molar-refractivity contribution in [3.8, 4) is 67.9 Å². The molecule has 0 N–H and O–H groups in total. The van der Waals surface area contributed by atoms with Gasteiger partial charge in [0.25, 0.3) is 0 Å². The normalized spacial score (nSPS) is 11.7. The van der Waals surface area contributed by atoms with Gasteiger partial charge in [0, 0.05) is 65.9 Å². The predicted molar refractivity (Wildman–Crippen MR) is 288 cm³/mol. The minimum Gasteiger partial charge on any atom is -0.309 e. The van der Waals surface area contributed by atoms with Crippen molar-refractivity contribution in [3.05, 3.63) is 243 Å². The Bertz CT molecular complexity index is 4330. The first-order chi connectivity index (χ1) is 34.7. The number of pyridine rings is 1. The van der Waals surface area contributed by atoms with E-state index in [1.54, 1.807) is 0 Å². The van der Waals surface area contributed by atoms with Crippen molar-refractivity contribution in [2.24, 2.45) is 0 Å². The zero-order valence-corrected chi connectivity index (χ0v) is 37.8. The van der Waals surface area contributed by atoms with E-state index in [9.17, 15) is 0 Å². The largest absolute Gasteiger partial charge is 0.309 e. The molecule has 0 unspecified atom stereocenters. The van der Waals surface area contributed by atoms with Crippen molar-refractivity contribution in [1.82, 2.24) is 29.1 Å². The molecule has 0 aliphatic rings. The Kier molecular flexibility index (Phi) is 9.10. The van der Waals surface area contributed by atoms with Gasteiger partial charge < -0.3 is 9.13 Å². The highest BCUT2D eigenvalue weighted by Crippen LogP contribution is 2.43. The molecule has 0 radical (unpaired) electrons. The molecule has 70 heavy (non-hydrogen) atoms. The van der Waals surface area contributed by atoms with Crippen LogP contribution in [0.1, 0.15) is 0 Å². The van der Waals surface area contributed by atoms with Gasteiger partial charge in [-0.05, 0) is 77.2 Å². The van der Waals surface area contributed by atoms with Gasteiger partial charge in [0.1, 0.15) is 0 Å². The maximum Gasteiger partial charge on any atom is 0.164 e. The van der Waals surface area contributed by atoms with Crippen molar-refractivity contribution in [3.63, 3.8) is 0 Å². The van der Waals surface area contributed by atoms with Crippen molar-refractivity contribution in [2.45, 2.75) is 0 Å². The first-order valence-electron chi connectivity index (χ1n) is 23.6. The van der Waals surface area contributed by atoms with Gasteiger partial charge in [-0.25, -0.2) is 19.9 Å². The van der Waals surface area contributed by atoms with E-state index in [1.165, 1.54) is 21.9 Å². The third kappa shape index (κ3) is 6.42. The molecule has 0 spiro atoms. The summed E-state index contributed by atoms with van der Waals surface area (Å²) in [5.74, 6) is 1.81. The van der Waals surface area contributed by atoms with Crippen LogP contribution in [0, 0.1) is 0 Å². The molecule has 6 nitrogen and oxygen atoms in total. The maximum absolute atomic E-state index is 5.50. The summed E-state index contributed by atoms with van der Waals surface area (Å²) in [4.78, 5) is 21.1. The number of nitrogens with zero attached hydrogens (tertiary/aromatic N) is 6. The average molecular weight is 893 g/mol. The molecule has 0 aliphatic carbocycles. The Balaban J connectivity index is 0.923. The average Bonchev–Trinajstić information content (AvgIpc) is 3.97. The molecular formula is C64H40N6. The van der Waals surface area contributed by atoms with Gasteiger partial charge in [-0.1, -0.05) is 182 Å². The van der Waals surface area contributed by atoms with Gasteiger partial charge in [0.15, 0.2) is 17.5 Å². The van der Waals surface area contributed by atoms with Crippen LogP contribution in [0.5, 0.6) is 0 Å². The second-order valence-electron chi connectivity index (χ2n) is 17.8. The van der Waals surface area contributed by atoms with Crippen LogP contribution in [0.2, 0.25) is 0 Å². The van der Waals surface area contributed by atoms with Gasteiger partial charge in [-0.2, -0.15) is 0 Å². The van der Waals surface area contributed by atoms with Crippen LogP contribution in [-0.2, 0) is 0 Å². The lowest BCUT2D eigenvalue weighted by atomic mass is 10.00. The zero-order chi connectivity index (χ0) is 46.1. The van der Waals surface area contributed by atoms with Gasteiger partial charge >= 0.3 is 0 Å². The fourth-order valence-corrected chi connectivity index (χ4v) is 10.5. The Hall–Kier alpha value is -9.52. The second kappa shape index (κ2) is 16.1. The van der Waals surface area contributed by atoms with E-state index in [4.69, 9.17) is 19.9 Å². The highest BCUT2D eigenvalue weighted by Gasteiger charge is 2.22. The van der Waals surface area contributed by atoms with E-state index in [1.807, 2.05) is 18.2 Å². The van der Waals surface area contributed by atoms with Gasteiger partial charge in [0.05, 0.1) is 33.3 Å². The molecule has 0 amide bonds. The molecule has 0 saturated carbocycles. The summed E-state index contributed by atoms with van der Waals surface area (Å²) in [6, 6.07) is 85.6. The van der Waals surface area contributed by atoms with Crippen LogP contribution in [-0.4, -0.2) is 29.1 Å². The summed E-state index contributed by atoms with van der Waals surface area (Å²) in [5.41, 5.74) is 14.7. The molecule has 4 aromatic heterocycles. The monoisotopic (exact) mass is 892 g/mol. The summed E-state index contributed by atoms with van der Waals surface area (Å²) < 4.78 is 4.75. The summed E-state index contributed by atoms with van der Waals surface area (Å²) in [7, 11) is 0. The van der Waals surface area contributed by atoms with Crippen LogP contribution >= 0.6 is 0 Å². The van der Waals surface area contributed by atoms with E-state index in [0.29, 0.717) is 17.5 Å². The van der Waals surface area contributed by atoms with Crippen molar-refractivity contribution in [2.75, 3.05) is 0 Å². The van der Waals surface area contributed by atoms with Crippen LogP contribution in [0.15, 0.2) is 243 Å². The topological polar surface area (TPSA) is 61.4 Å². The number of hydrogen-bond acceptors (Lipinski definition) is 4. The van der Waals surface area contributed by atoms with E-state index < -0.39 is 0 Å². The third-order valence-electron chi connectivity index (χ3n) is 13.7. The molecule has 0 saturated heterocycles. The number of para-hydroxylation sites is 2. The highest BCUT2D eigenvalue weighted by atomic mass is 15.0. The second-order valence-corrected chi connectivity index (χ2v) is 17.8.